The van der Waals surface area contributed by atoms with E-state index in [9.17, 15) is 4.39 Å². The minimum atomic E-state index is -0.233. The molecule has 1 aromatic carbocycles. The minimum Gasteiger partial charge on any atom is -0.353 e. The summed E-state index contributed by atoms with van der Waals surface area (Å²) in [6, 6.07) is 6.27. The Labute approximate surface area is 130 Å². The number of fused-ring (bicyclic) bond motifs is 1. The van der Waals surface area contributed by atoms with Crippen LogP contribution in [0.1, 0.15) is 26.2 Å². The van der Waals surface area contributed by atoms with Gasteiger partial charge in [0.05, 0.1) is 10.9 Å². The topological polar surface area (TPSA) is 32.3 Å². The monoisotopic (exact) mass is 300 g/mol. The molecule has 3 heterocycles. The van der Waals surface area contributed by atoms with Gasteiger partial charge in [-0.25, -0.2) is 14.4 Å². The van der Waals surface area contributed by atoms with Crippen LogP contribution in [0.5, 0.6) is 0 Å². The molecule has 2 aliphatic heterocycles. The van der Waals surface area contributed by atoms with Crippen LogP contribution >= 0.6 is 0 Å². The van der Waals surface area contributed by atoms with Gasteiger partial charge in [0.15, 0.2) is 0 Å². The molecule has 1 aromatic heterocycles. The van der Waals surface area contributed by atoms with E-state index in [-0.39, 0.29) is 5.82 Å². The van der Waals surface area contributed by atoms with Crippen molar-refractivity contribution in [3.63, 3.8) is 0 Å². The van der Waals surface area contributed by atoms with E-state index >= 15 is 0 Å². The number of anilines is 1. The summed E-state index contributed by atoms with van der Waals surface area (Å²) in [6.45, 7) is 5.38. The number of nitrogens with zero attached hydrogens (tertiary/aromatic N) is 4. The van der Waals surface area contributed by atoms with Crippen molar-refractivity contribution in [2.24, 2.45) is 0 Å². The van der Waals surface area contributed by atoms with Crippen molar-refractivity contribution in [3.8, 4) is 0 Å². The number of halogens is 1. The first kappa shape index (κ1) is 13.9. The van der Waals surface area contributed by atoms with E-state index in [1.54, 1.807) is 6.07 Å². The van der Waals surface area contributed by atoms with Crippen molar-refractivity contribution < 1.29 is 4.39 Å². The predicted octanol–water partition coefficient (Wildman–Crippen LogP) is 2.83. The van der Waals surface area contributed by atoms with Crippen LogP contribution in [0.3, 0.4) is 0 Å². The summed E-state index contributed by atoms with van der Waals surface area (Å²) in [5.41, 5.74) is 0.680. The van der Waals surface area contributed by atoms with Crippen LogP contribution in [0.15, 0.2) is 24.5 Å². The summed E-state index contributed by atoms with van der Waals surface area (Å²) in [4.78, 5) is 13.3. The van der Waals surface area contributed by atoms with Crippen LogP contribution in [0.25, 0.3) is 10.9 Å². The average Bonchev–Trinajstić information content (AvgIpc) is 2.48. The number of likely N-dealkylation sites (tertiary alicyclic amines) is 1. The van der Waals surface area contributed by atoms with Crippen molar-refractivity contribution in [1.29, 1.82) is 0 Å². The number of hydrogen-bond acceptors (Lipinski definition) is 4. The third-order valence-electron chi connectivity index (χ3n) is 5.08. The van der Waals surface area contributed by atoms with Gasteiger partial charge in [-0.3, -0.25) is 4.90 Å². The van der Waals surface area contributed by atoms with Gasteiger partial charge in [0.1, 0.15) is 18.0 Å². The highest BCUT2D eigenvalue weighted by Crippen LogP contribution is 2.31. The Bertz CT molecular complexity index is 678. The maximum Gasteiger partial charge on any atom is 0.142 e. The van der Waals surface area contributed by atoms with E-state index in [1.807, 2.05) is 6.07 Å². The molecule has 1 atom stereocenters. The van der Waals surface area contributed by atoms with Crippen LogP contribution in [-0.4, -0.2) is 46.6 Å². The van der Waals surface area contributed by atoms with E-state index in [1.165, 1.54) is 38.2 Å². The van der Waals surface area contributed by atoms with Crippen molar-refractivity contribution in [1.82, 2.24) is 14.9 Å². The fourth-order valence-electron chi connectivity index (χ4n) is 3.79. The summed E-state index contributed by atoms with van der Waals surface area (Å²) < 4.78 is 14.2. The van der Waals surface area contributed by atoms with Crippen LogP contribution in [0.2, 0.25) is 0 Å². The van der Waals surface area contributed by atoms with E-state index in [4.69, 9.17) is 0 Å². The smallest absolute Gasteiger partial charge is 0.142 e. The summed E-state index contributed by atoms with van der Waals surface area (Å²) in [5, 5.41) is 0.551. The van der Waals surface area contributed by atoms with Crippen molar-refractivity contribution in [3.05, 3.63) is 30.3 Å². The van der Waals surface area contributed by atoms with E-state index < -0.39 is 0 Å². The number of rotatable bonds is 2. The van der Waals surface area contributed by atoms with Gasteiger partial charge >= 0.3 is 0 Å². The molecule has 0 amide bonds. The minimum absolute atomic E-state index is 0.233. The Kier molecular flexibility index (Phi) is 3.45. The molecule has 0 N–H and O–H groups in total. The first-order valence-corrected chi connectivity index (χ1v) is 8.14. The second-order valence-corrected chi connectivity index (χ2v) is 6.47. The second-order valence-electron chi connectivity index (χ2n) is 6.47. The number of hydrogen-bond donors (Lipinski definition) is 0. The molecule has 0 radical (unpaired) electrons. The molecule has 0 spiro atoms. The maximum absolute atomic E-state index is 14.2. The Morgan fingerprint density at radius 1 is 1.18 bits per heavy atom. The second kappa shape index (κ2) is 5.47. The van der Waals surface area contributed by atoms with E-state index in [0.717, 1.165) is 18.9 Å². The Morgan fingerprint density at radius 2 is 2.05 bits per heavy atom. The molecule has 2 aromatic rings. The zero-order valence-corrected chi connectivity index (χ0v) is 12.9. The third-order valence-corrected chi connectivity index (χ3v) is 5.08. The standard InChI is InChI=1S/C17H21FN4/c1-12-5-2-3-8-22(12)13-9-21(10-13)17-16-14(18)6-4-7-15(16)19-11-20-17/h4,6-7,11-13H,2-3,5,8-10H2,1H3/t12-/m1/s1. The number of aromatic nitrogens is 2. The molecular weight excluding hydrogens is 279 g/mol. The van der Waals surface area contributed by atoms with E-state index in [0.29, 0.717) is 23.0 Å². The number of piperidine rings is 1. The van der Waals surface area contributed by atoms with Gasteiger partial charge in [-0.2, -0.15) is 0 Å². The van der Waals surface area contributed by atoms with Crippen LogP contribution < -0.4 is 4.90 Å². The molecule has 2 fully saturated rings. The summed E-state index contributed by atoms with van der Waals surface area (Å²) in [6.07, 6.45) is 5.47. The molecule has 116 valence electrons. The molecule has 22 heavy (non-hydrogen) atoms. The quantitative estimate of drug-likeness (QED) is 0.854. The average molecular weight is 300 g/mol. The summed E-state index contributed by atoms with van der Waals surface area (Å²) >= 11 is 0. The molecule has 0 aliphatic carbocycles. The Hall–Kier alpha value is -1.75. The van der Waals surface area contributed by atoms with Gasteiger partial charge < -0.3 is 4.90 Å². The lowest BCUT2D eigenvalue weighted by Gasteiger charge is -2.49. The first-order chi connectivity index (χ1) is 10.7. The van der Waals surface area contributed by atoms with Crippen LogP contribution in [-0.2, 0) is 0 Å². The molecule has 0 saturated carbocycles. The van der Waals surface area contributed by atoms with Crippen molar-refractivity contribution in [2.45, 2.75) is 38.3 Å². The van der Waals surface area contributed by atoms with Crippen LogP contribution in [0.4, 0.5) is 10.2 Å². The lowest BCUT2D eigenvalue weighted by atomic mass is 9.97. The zero-order chi connectivity index (χ0) is 15.1. The summed E-state index contributed by atoms with van der Waals surface area (Å²) in [5.74, 6) is 0.506. The van der Waals surface area contributed by atoms with Gasteiger partial charge in [-0.1, -0.05) is 12.5 Å². The molecule has 2 saturated heterocycles. The van der Waals surface area contributed by atoms with Gasteiger partial charge in [-0.15, -0.1) is 0 Å². The Morgan fingerprint density at radius 3 is 2.86 bits per heavy atom. The largest absolute Gasteiger partial charge is 0.353 e. The van der Waals surface area contributed by atoms with E-state index in [2.05, 4.69) is 26.7 Å². The molecule has 4 rings (SSSR count). The summed E-state index contributed by atoms with van der Waals surface area (Å²) in [7, 11) is 0. The van der Waals surface area contributed by atoms with Gasteiger partial charge in [0, 0.05) is 25.2 Å². The fraction of sp³-hybridized carbons (Fsp3) is 0.529. The maximum atomic E-state index is 14.2. The highest BCUT2D eigenvalue weighted by Gasteiger charge is 2.36. The normalized spacial score (nSPS) is 23.7. The lowest BCUT2D eigenvalue weighted by molar-refractivity contribution is 0.0873. The molecule has 2 aliphatic rings. The molecular formula is C17H21FN4. The number of benzene rings is 1. The van der Waals surface area contributed by atoms with Gasteiger partial charge in [0.25, 0.3) is 0 Å². The lowest BCUT2D eigenvalue weighted by Crippen LogP contribution is -2.62. The fourth-order valence-corrected chi connectivity index (χ4v) is 3.79. The SMILES string of the molecule is C[C@@H]1CCCCN1C1CN(c2ncnc3cccc(F)c23)C1. The predicted molar refractivity (Wildman–Crippen MR) is 85.5 cm³/mol. The molecule has 4 nitrogen and oxygen atoms in total. The molecule has 0 bridgehead atoms. The molecule has 5 heteroatoms. The zero-order valence-electron chi connectivity index (χ0n) is 12.9. The molecule has 0 unspecified atom stereocenters. The highest BCUT2D eigenvalue weighted by molar-refractivity contribution is 5.90. The highest BCUT2D eigenvalue weighted by atomic mass is 19.1. The van der Waals surface area contributed by atoms with Crippen LogP contribution in [0, 0.1) is 5.82 Å². The van der Waals surface area contributed by atoms with Gasteiger partial charge in [-0.05, 0) is 38.4 Å². The first-order valence-electron chi connectivity index (χ1n) is 8.14. The Balaban J connectivity index is 1.56. The van der Waals surface area contributed by atoms with Gasteiger partial charge in [0.2, 0.25) is 0 Å². The van der Waals surface area contributed by atoms with Crippen molar-refractivity contribution in [2.75, 3.05) is 24.5 Å². The third kappa shape index (κ3) is 2.24. The van der Waals surface area contributed by atoms with Crippen molar-refractivity contribution >= 4 is 16.7 Å².